The van der Waals surface area contributed by atoms with E-state index < -0.39 is 11.7 Å². The average Bonchev–Trinajstić information content (AvgIpc) is 2.85. The maximum Gasteiger partial charge on any atom is 0.421 e. The monoisotopic (exact) mass is 484 g/mol. The Morgan fingerprint density at radius 1 is 0.943 bits per heavy atom. The maximum atomic E-state index is 13.6. The van der Waals surface area contributed by atoms with E-state index in [9.17, 15) is 13.2 Å². The maximum absolute atomic E-state index is 13.6. The number of ether oxygens (including phenoxy) is 1. The predicted molar refractivity (Wildman–Crippen MR) is 133 cm³/mol. The van der Waals surface area contributed by atoms with Gasteiger partial charge in [-0.3, -0.25) is 0 Å². The van der Waals surface area contributed by atoms with Gasteiger partial charge < -0.3 is 15.4 Å². The van der Waals surface area contributed by atoms with Gasteiger partial charge in [0, 0.05) is 17.6 Å². The molecule has 1 atom stereocenters. The molecule has 2 aromatic carbocycles. The minimum absolute atomic E-state index is 0.0536. The summed E-state index contributed by atoms with van der Waals surface area (Å²) in [5, 5.41) is 5.81. The standard InChI is InChI=1S/C27H31F3N4O/c1-3-18(2)35-23-15-13-21(14-16-23)32-25-24(27(28,29)30)17-31-26(34-25)33-22-11-9-20(10-12-22)19-7-5-4-6-8-19/h9-19H,3-8H2,1-2H3,(H2,31,32,33,34). The Bertz CT molecular complexity index is 1090. The van der Waals surface area contributed by atoms with Gasteiger partial charge in [-0.2, -0.15) is 18.2 Å². The van der Waals surface area contributed by atoms with E-state index >= 15 is 0 Å². The van der Waals surface area contributed by atoms with Gasteiger partial charge >= 0.3 is 6.18 Å². The molecule has 8 heteroatoms. The van der Waals surface area contributed by atoms with Crippen LogP contribution in [-0.2, 0) is 6.18 Å². The Morgan fingerprint density at radius 3 is 2.20 bits per heavy atom. The van der Waals surface area contributed by atoms with Crippen LogP contribution in [0.5, 0.6) is 5.75 Å². The highest BCUT2D eigenvalue weighted by Crippen LogP contribution is 2.36. The van der Waals surface area contributed by atoms with E-state index in [0.717, 1.165) is 18.3 Å². The molecule has 35 heavy (non-hydrogen) atoms. The Balaban J connectivity index is 1.50. The van der Waals surface area contributed by atoms with Crippen LogP contribution in [0.2, 0.25) is 0 Å². The van der Waals surface area contributed by atoms with Crippen LogP contribution < -0.4 is 15.4 Å². The first kappa shape index (κ1) is 24.8. The third-order valence-electron chi connectivity index (χ3n) is 6.37. The normalized spacial score (nSPS) is 15.5. The molecule has 1 aliphatic carbocycles. The lowest BCUT2D eigenvalue weighted by Gasteiger charge is -2.22. The third-order valence-corrected chi connectivity index (χ3v) is 6.37. The molecule has 0 aliphatic heterocycles. The number of benzene rings is 2. The van der Waals surface area contributed by atoms with Crippen molar-refractivity contribution in [2.24, 2.45) is 0 Å². The van der Waals surface area contributed by atoms with Gasteiger partial charge in [-0.05, 0) is 74.1 Å². The molecular weight excluding hydrogens is 453 g/mol. The van der Waals surface area contributed by atoms with Crippen LogP contribution in [0.15, 0.2) is 54.7 Å². The molecule has 1 fully saturated rings. The van der Waals surface area contributed by atoms with Crippen LogP contribution in [-0.4, -0.2) is 16.1 Å². The van der Waals surface area contributed by atoms with Crippen molar-refractivity contribution in [1.29, 1.82) is 0 Å². The second-order valence-corrected chi connectivity index (χ2v) is 9.02. The summed E-state index contributed by atoms with van der Waals surface area (Å²) in [6.45, 7) is 3.98. The average molecular weight is 485 g/mol. The summed E-state index contributed by atoms with van der Waals surface area (Å²) in [7, 11) is 0. The summed E-state index contributed by atoms with van der Waals surface area (Å²) in [4.78, 5) is 8.05. The molecule has 0 amide bonds. The topological polar surface area (TPSA) is 59.1 Å². The summed E-state index contributed by atoms with van der Waals surface area (Å²) in [5.74, 6) is 1.01. The van der Waals surface area contributed by atoms with Crippen molar-refractivity contribution in [1.82, 2.24) is 9.97 Å². The molecule has 1 unspecified atom stereocenters. The molecule has 3 aromatic rings. The summed E-state index contributed by atoms with van der Waals surface area (Å²) >= 11 is 0. The zero-order valence-corrected chi connectivity index (χ0v) is 20.0. The number of nitrogens with one attached hydrogen (secondary N) is 2. The van der Waals surface area contributed by atoms with Crippen LogP contribution in [0.3, 0.4) is 0 Å². The lowest BCUT2D eigenvalue weighted by Crippen LogP contribution is -2.13. The molecule has 1 aromatic heterocycles. The van der Waals surface area contributed by atoms with Gasteiger partial charge in [-0.25, -0.2) is 4.98 Å². The minimum atomic E-state index is -4.60. The van der Waals surface area contributed by atoms with Crippen LogP contribution >= 0.6 is 0 Å². The fraction of sp³-hybridized carbons (Fsp3) is 0.407. The molecule has 2 N–H and O–H groups in total. The van der Waals surface area contributed by atoms with Crippen molar-refractivity contribution in [3.05, 3.63) is 65.9 Å². The van der Waals surface area contributed by atoms with Gasteiger partial charge in [0.25, 0.3) is 0 Å². The highest BCUT2D eigenvalue weighted by molar-refractivity contribution is 5.63. The number of aromatic nitrogens is 2. The van der Waals surface area contributed by atoms with Crippen molar-refractivity contribution in [2.75, 3.05) is 10.6 Å². The number of nitrogens with zero attached hydrogens (tertiary/aromatic N) is 2. The molecular formula is C27H31F3N4O. The summed E-state index contributed by atoms with van der Waals surface area (Å²) < 4.78 is 46.6. The van der Waals surface area contributed by atoms with Crippen LogP contribution in [0, 0.1) is 0 Å². The number of hydrogen-bond donors (Lipinski definition) is 2. The highest BCUT2D eigenvalue weighted by atomic mass is 19.4. The van der Waals surface area contributed by atoms with E-state index in [2.05, 4.69) is 32.7 Å². The zero-order valence-electron chi connectivity index (χ0n) is 20.0. The third kappa shape index (κ3) is 6.65. The molecule has 0 saturated heterocycles. The first-order chi connectivity index (χ1) is 16.8. The van der Waals surface area contributed by atoms with E-state index in [0.29, 0.717) is 17.4 Å². The lowest BCUT2D eigenvalue weighted by atomic mass is 9.84. The van der Waals surface area contributed by atoms with Crippen molar-refractivity contribution in [3.8, 4) is 5.75 Å². The molecule has 1 aliphatic rings. The van der Waals surface area contributed by atoms with Crippen LogP contribution in [0.1, 0.15) is 69.4 Å². The SMILES string of the molecule is CCC(C)Oc1ccc(Nc2nc(Nc3ccc(C4CCCCC4)cc3)ncc2C(F)(F)F)cc1. The Kier molecular flexibility index (Phi) is 7.78. The van der Waals surface area contributed by atoms with E-state index in [1.807, 2.05) is 26.0 Å². The predicted octanol–water partition coefficient (Wildman–Crippen LogP) is 8.21. The number of alkyl halides is 3. The van der Waals surface area contributed by atoms with Crippen molar-refractivity contribution in [2.45, 2.75) is 70.6 Å². The van der Waals surface area contributed by atoms with Crippen LogP contribution in [0.4, 0.5) is 36.3 Å². The van der Waals surface area contributed by atoms with Gasteiger partial charge in [0.15, 0.2) is 0 Å². The van der Waals surface area contributed by atoms with Crippen molar-refractivity contribution in [3.63, 3.8) is 0 Å². The number of hydrogen-bond acceptors (Lipinski definition) is 5. The highest BCUT2D eigenvalue weighted by Gasteiger charge is 2.35. The smallest absolute Gasteiger partial charge is 0.421 e. The number of halogens is 3. The molecule has 0 bridgehead atoms. The van der Waals surface area contributed by atoms with Gasteiger partial charge in [0.2, 0.25) is 5.95 Å². The molecule has 1 saturated carbocycles. The molecule has 0 radical (unpaired) electrons. The first-order valence-electron chi connectivity index (χ1n) is 12.2. The summed E-state index contributed by atoms with van der Waals surface area (Å²) in [6.07, 6.45) is 3.33. The van der Waals surface area contributed by atoms with Crippen molar-refractivity contribution >= 4 is 23.1 Å². The second-order valence-electron chi connectivity index (χ2n) is 9.02. The summed E-state index contributed by atoms with van der Waals surface area (Å²) in [6, 6.07) is 14.8. The van der Waals surface area contributed by atoms with Crippen molar-refractivity contribution < 1.29 is 17.9 Å². The molecule has 1 heterocycles. The number of rotatable bonds is 8. The quantitative estimate of drug-likeness (QED) is 0.337. The van der Waals surface area contributed by atoms with Gasteiger partial charge in [0.05, 0.1) is 6.10 Å². The fourth-order valence-corrected chi connectivity index (χ4v) is 4.22. The van der Waals surface area contributed by atoms with E-state index in [4.69, 9.17) is 4.74 Å². The van der Waals surface area contributed by atoms with Crippen LogP contribution in [0.25, 0.3) is 0 Å². The lowest BCUT2D eigenvalue weighted by molar-refractivity contribution is -0.137. The van der Waals surface area contributed by atoms with Gasteiger partial charge in [-0.15, -0.1) is 0 Å². The fourth-order valence-electron chi connectivity index (χ4n) is 4.22. The Morgan fingerprint density at radius 2 is 1.57 bits per heavy atom. The molecule has 0 spiro atoms. The first-order valence-corrected chi connectivity index (χ1v) is 12.2. The molecule has 5 nitrogen and oxygen atoms in total. The van der Waals surface area contributed by atoms with E-state index in [1.54, 1.807) is 24.3 Å². The molecule has 186 valence electrons. The Labute approximate surface area is 204 Å². The van der Waals surface area contributed by atoms with E-state index in [-0.39, 0.29) is 17.9 Å². The second kappa shape index (κ2) is 11.0. The minimum Gasteiger partial charge on any atom is -0.491 e. The molecule has 4 rings (SSSR count). The Hall–Kier alpha value is -3.29. The summed E-state index contributed by atoms with van der Waals surface area (Å²) in [5.41, 5.74) is 1.55. The van der Waals surface area contributed by atoms with Gasteiger partial charge in [-0.1, -0.05) is 38.3 Å². The largest absolute Gasteiger partial charge is 0.491 e. The van der Waals surface area contributed by atoms with Gasteiger partial charge in [0.1, 0.15) is 17.1 Å². The van der Waals surface area contributed by atoms with E-state index in [1.165, 1.54) is 37.7 Å². The zero-order chi connectivity index (χ0) is 24.8. The number of anilines is 4.